The second kappa shape index (κ2) is 6.73. The van der Waals surface area contributed by atoms with E-state index in [9.17, 15) is 14.4 Å². The van der Waals surface area contributed by atoms with E-state index in [1.165, 1.54) is 10.5 Å². The zero-order valence-corrected chi connectivity index (χ0v) is 13.3. The Labute approximate surface area is 130 Å². The second-order valence-electron chi connectivity index (χ2n) is 6.09. The van der Waals surface area contributed by atoms with E-state index < -0.39 is 6.04 Å². The standard InChI is InChI=1S/C17H22N2O3/c1-11(2)13-4-5-14(12(3)8-13)9-19(10-20)15-6-7-16(21)18-17(15)22/h4-5,8,10-11,15H,6-7,9H2,1-3H3,(H,18,21,22). The minimum absolute atomic E-state index is 0.270. The third-order valence-corrected chi connectivity index (χ3v) is 4.13. The van der Waals surface area contributed by atoms with E-state index in [1.54, 1.807) is 0 Å². The maximum Gasteiger partial charge on any atom is 0.249 e. The van der Waals surface area contributed by atoms with Gasteiger partial charge in [0.1, 0.15) is 6.04 Å². The molecule has 1 aromatic carbocycles. The SMILES string of the molecule is Cc1cc(C(C)C)ccc1CN(C=O)C1CCC(=O)NC1=O. The summed E-state index contributed by atoms with van der Waals surface area (Å²) in [6.07, 6.45) is 1.34. The van der Waals surface area contributed by atoms with Gasteiger partial charge in [-0.3, -0.25) is 19.7 Å². The van der Waals surface area contributed by atoms with Crippen LogP contribution in [0.15, 0.2) is 18.2 Å². The van der Waals surface area contributed by atoms with E-state index in [2.05, 4.69) is 31.3 Å². The number of aryl methyl sites for hydroxylation is 1. The molecule has 1 saturated heterocycles. The van der Waals surface area contributed by atoms with Crippen molar-refractivity contribution in [3.63, 3.8) is 0 Å². The van der Waals surface area contributed by atoms with Gasteiger partial charge in [0.15, 0.2) is 0 Å². The summed E-state index contributed by atoms with van der Waals surface area (Å²) in [5, 5.41) is 2.29. The van der Waals surface area contributed by atoms with Gasteiger partial charge in [-0.1, -0.05) is 32.0 Å². The fraction of sp³-hybridized carbons (Fsp3) is 0.471. The number of nitrogens with one attached hydrogen (secondary N) is 1. The van der Waals surface area contributed by atoms with Crippen molar-refractivity contribution in [1.82, 2.24) is 10.2 Å². The summed E-state index contributed by atoms with van der Waals surface area (Å²) in [6.45, 7) is 6.65. The zero-order valence-electron chi connectivity index (χ0n) is 13.3. The Bertz CT molecular complexity index is 596. The molecule has 1 heterocycles. The number of hydrogen-bond acceptors (Lipinski definition) is 3. The van der Waals surface area contributed by atoms with Crippen LogP contribution in [0, 0.1) is 6.92 Å². The fourth-order valence-electron chi connectivity index (χ4n) is 2.67. The number of benzene rings is 1. The minimum atomic E-state index is -0.570. The van der Waals surface area contributed by atoms with Crippen molar-refractivity contribution in [3.05, 3.63) is 34.9 Å². The normalized spacial score (nSPS) is 18.3. The van der Waals surface area contributed by atoms with Crippen LogP contribution in [-0.4, -0.2) is 29.2 Å². The second-order valence-corrected chi connectivity index (χ2v) is 6.09. The van der Waals surface area contributed by atoms with Gasteiger partial charge < -0.3 is 4.90 Å². The summed E-state index contributed by atoms with van der Waals surface area (Å²) >= 11 is 0. The zero-order chi connectivity index (χ0) is 16.3. The number of rotatable bonds is 5. The number of imide groups is 1. The Kier molecular flexibility index (Phi) is 4.96. The molecule has 22 heavy (non-hydrogen) atoms. The smallest absolute Gasteiger partial charge is 0.249 e. The molecule has 2 rings (SSSR count). The highest BCUT2D eigenvalue weighted by atomic mass is 16.2. The van der Waals surface area contributed by atoms with Crippen molar-refractivity contribution in [1.29, 1.82) is 0 Å². The highest BCUT2D eigenvalue weighted by Crippen LogP contribution is 2.21. The quantitative estimate of drug-likeness (QED) is 0.667. The van der Waals surface area contributed by atoms with Crippen LogP contribution in [-0.2, 0) is 20.9 Å². The first kappa shape index (κ1) is 16.2. The van der Waals surface area contributed by atoms with Crippen LogP contribution in [0.25, 0.3) is 0 Å². The number of piperidine rings is 1. The van der Waals surface area contributed by atoms with Gasteiger partial charge in [-0.25, -0.2) is 0 Å². The van der Waals surface area contributed by atoms with Crippen LogP contribution in [0.1, 0.15) is 49.3 Å². The lowest BCUT2D eigenvalue weighted by Crippen LogP contribution is -2.51. The largest absolute Gasteiger partial charge is 0.329 e. The summed E-state index contributed by atoms with van der Waals surface area (Å²) in [5.74, 6) is -0.213. The minimum Gasteiger partial charge on any atom is -0.329 e. The number of carbonyl (C=O) groups is 3. The van der Waals surface area contributed by atoms with Gasteiger partial charge in [0.25, 0.3) is 0 Å². The van der Waals surface area contributed by atoms with Crippen LogP contribution in [0.3, 0.4) is 0 Å². The van der Waals surface area contributed by atoms with Gasteiger partial charge in [-0.2, -0.15) is 0 Å². The van der Waals surface area contributed by atoms with Crippen LogP contribution in [0.5, 0.6) is 0 Å². The molecule has 1 unspecified atom stereocenters. The van der Waals surface area contributed by atoms with Gasteiger partial charge in [-0.05, 0) is 36.0 Å². The van der Waals surface area contributed by atoms with Crippen LogP contribution in [0.2, 0.25) is 0 Å². The molecule has 1 N–H and O–H groups in total. The summed E-state index contributed by atoms with van der Waals surface area (Å²) in [6, 6.07) is 5.61. The van der Waals surface area contributed by atoms with Gasteiger partial charge in [-0.15, -0.1) is 0 Å². The van der Waals surface area contributed by atoms with Crippen LogP contribution < -0.4 is 5.32 Å². The molecule has 1 atom stereocenters. The number of hydrogen-bond donors (Lipinski definition) is 1. The summed E-state index contributed by atoms with van der Waals surface area (Å²) in [4.78, 5) is 36.0. The van der Waals surface area contributed by atoms with Crippen LogP contribution >= 0.6 is 0 Å². The molecule has 118 valence electrons. The number of nitrogens with zero attached hydrogens (tertiary/aromatic N) is 1. The maximum absolute atomic E-state index is 11.9. The molecule has 0 aromatic heterocycles. The Morgan fingerprint density at radius 3 is 2.64 bits per heavy atom. The van der Waals surface area contributed by atoms with Gasteiger partial charge in [0.05, 0.1) is 0 Å². The molecule has 0 radical (unpaired) electrons. The third-order valence-electron chi connectivity index (χ3n) is 4.13. The van der Waals surface area contributed by atoms with Gasteiger partial charge >= 0.3 is 0 Å². The van der Waals surface area contributed by atoms with Crippen molar-refractivity contribution in [2.75, 3.05) is 0 Å². The van der Waals surface area contributed by atoms with Crippen LogP contribution in [0.4, 0.5) is 0 Å². The van der Waals surface area contributed by atoms with E-state index in [0.717, 1.165) is 11.1 Å². The lowest BCUT2D eigenvalue weighted by atomic mass is 9.97. The van der Waals surface area contributed by atoms with Crippen molar-refractivity contribution >= 4 is 18.2 Å². The molecule has 1 fully saturated rings. The molecule has 5 nitrogen and oxygen atoms in total. The first-order chi connectivity index (χ1) is 10.4. The van der Waals surface area contributed by atoms with Crippen molar-refractivity contribution in [2.45, 2.75) is 52.1 Å². The maximum atomic E-state index is 11.9. The first-order valence-electron chi connectivity index (χ1n) is 7.56. The highest BCUT2D eigenvalue weighted by molar-refractivity contribution is 6.00. The predicted octanol–water partition coefficient (Wildman–Crippen LogP) is 1.88. The molecule has 1 aromatic rings. The monoisotopic (exact) mass is 302 g/mol. The van der Waals surface area contributed by atoms with Gasteiger partial charge in [0, 0.05) is 13.0 Å². The number of carbonyl (C=O) groups excluding carboxylic acids is 3. The summed E-state index contributed by atoms with van der Waals surface area (Å²) in [5.41, 5.74) is 3.37. The topological polar surface area (TPSA) is 66.5 Å². The molecule has 5 heteroatoms. The molecule has 1 aliphatic rings. The summed E-state index contributed by atoms with van der Waals surface area (Å²) in [7, 11) is 0. The van der Waals surface area contributed by atoms with E-state index in [4.69, 9.17) is 0 Å². The lowest BCUT2D eigenvalue weighted by molar-refractivity contribution is -0.141. The molecule has 0 saturated carbocycles. The lowest BCUT2D eigenvalue weighted by Gasteiger charge is -2.30. The van der Waals surface area contributed by atoms with E-state index >= 15 is 0 Å². The predicted molar refractivity (Wildman–Crippen MR) is 83.0 cm³/mol. The Hall–Kier alpha value is -2.17. The average molecular weight is 302 g/mol. The molecule has 1 aliphatic heterocycles. The number of amides is 3. The van der Waals surface area contributed by atoms with Crippen molar-refractivity contribution < 1.29 is 14.4 Å². The molecule has 3 amide bonds. The highest BCUT2D eigenvalue weighted by Gasteiger charge is 2.31. The van der Waals surface area contributed by atoms with E-state index in [-0.39, 0.29) is 18.2 Å². The fourth-order valence-corrected chi connectivity index (χ4v) is 2.67. The molecular weight excluding hydrogens is 280 g/mol. The third kappa shape index (κ3) is 3.53. The molecule has 0 aliphatic carbocycles. The molecule has 0 spiro atoms. The average Bonchev–Trinajstić information content (AvgIpc) is 2.46. The van der Waals surface area contributed by atoms with Gasteiger partial charge in [0.2, 0.25) is 18.2 Å². The Balaban J connectivity index is 2.15. The van der Waals surface area contributed by atoms with E-state index in [0.29, 0.717) is 25.3 Å². The summed E-state index contributed by atoms with van der Waals surface area (Å²) < 4.78 is 0. The molecule has 0 bridgehead atoms. The van der Waals surface area contributed by atoms with Crippen molar-refractivity contribution in [2.24, 2.45) is 0 Å². The first-order valence-corrected chi connectivity index (χ1v) is 7.56. The van der Waals surface area contributed by atoms with E-state index in [1.807, 2.05) is 13.0 Å². The Morgan fingerprint density at radius 2 is 2.09 bits per heavy atom. The Morgan fingerprint density at radius 1 is 1.36 bits per heavy atom. The van der Waals surface area contributed by atoms with Crippen molar-refractivity contribution in [3.8, 4) is 0 Å². The molecular formula is C17H22N2O3.